The van der Waals surface area contributed by atoms with Gasteiger partial charge in [0, 0.05) is 18.6 Å². The molecule has 1 saturated heterocycles. The summed E-state index contributed by atoms with van der Waals surface area (Å²) in [6.07, 6.45) is 0. The molecule has 1 aromatic rings. The Morgan fingerprint density at radius 1 is 1.53 bits per heavy atom. The van der Waals surface area contributed by atoms with E-state index in [1.54, 1.807) is 6.07 Å². The quantitative estimate of drug-likeness (QED) is 0.911. The summed E-state index contributed by atoms with van der Waals surface area (Å²) in [6.45, 7) is 6.84. The predicted octanol–water partition coefficient (Wildman–Crippen LogP) is 2.13. The molecule has 0 amide bonds. The highest BCUT2D eigenvalue weighted by Crippen LogP contribution is 2.22. The number of benzene rings is 1. The summed E-state index contributed by atoms with van der Waals surface area (Å²) in [5, 5.41) is 8.79. The van der Waals surface area contributed by atoms with Gasteiger partial charge in [-0.3, -0.25) is 4.90 Å². The van der Waals surface area contributed by atoms with Crippen LogP contribution in [0.4, 0.5) is 4.39 Å². The van der Waals surface area contributed by atoms with Crippen LogP contribution < -0.4 is 0 Å². The van der Waals surface area contributed by atoms with Crippen LogP contribution >= 0.6 is 0 Å². The molecule has 4 nitrogen and oxygen atoms in total. The van der Waals surface area contributed by atoms with Gasteiger partial charge in [-0.1, -0.05) is 6.07 Å². The topological polar surface area (TPSA) is 49.8 Å². The predicted molar refractivity (Wildman–Crippen MR) is 68.7 cm³/mol. The first kappa shape index (κ1) is 14.0. The maximum atomic E-state index is 13.6. The minimum atomic E-state index is -1.24. The molecule has 104 valence electrons. The van der Waals surface area contributed by atoms with Gasteiger partial charge in [0.25, 0.3) is 0 Å². The fourth-order valence-electron chi connectivity index (χ4n) is 2.23. The number of carboxylic acids is 1. The zero-order chi connectivity index (χ0) is 14.0. The van der Waals surface area contributed by atoms with Gasteiger partial charge in [-0.25, -0.2) is 9.18 Å². The van der Waals surface area contributed by atoms with Gasteiger partial charge in [0.1, 0.15) is 5.82 Å². The molecule has 1 aliphatic rings. The lowest BCUT2D eigenvalue weighted by Gasteiger charge is -2.42. The molecule has 1 aromatic carbocycles. The number of hydrogen-bond donors (Lipinski definition) is 1. The summed E-state index contributed by atoms with van der Waals surface area (Å²) in [4.78, 5) is 13.0. The molecule has 0 aromatic heterocycles. The third-order valence-corrected chi connectivity index (χ3v) is 3.45. The molecule has 1 heterocycles. The van der Waals surface area contributed by atoms with Gasteiger partial charge in [-0.2, -0.15) is 0 Å². The maximum Gasteiger partial charge on any atom is 0.338 e. The van der Waals surface area contributed by atoms with Crippen molar-refractivity contribution >= 4 is 5.97 Å². The molecule has 0 aliphatic carbocycles. The van der Waals surface area contributed by atoms with Gasteiger partial charge in [0.15, 0.2) is 0 Å². The zero-order valence-corrected chi connectivity index (χ0v) is 11.1. The fourth-order valence-corrected chi connectivity index (χ4v) is 2.23. The van der Waals surface area contributed by atoms with E-state index in [0.29, 0.717) is 19.8 Å². The zero-order valence-electron chi connectivity index (χ0n) is 11.1. The molecular weight excluding hydrogens is 249 g/mol. The lowest BCUT2D eigenvalue weighted by atomic mass is 10.0. The number of halogens is 1. The Bertz CT molecular complexity index is 488. The van der Waals surface area contributed by atoms with Crippen molar-refractivity contribution < 1.29 is 19.0 Å². The van der Waals surface area contributed by atoms with Crippen LogP contribution in [0.25, 0.3) is 0 Å². The molecule has 0 bridgehead atoms. The normalized spacial score (nSPS) is 19.3. The Morgan fingerprint density at radius 2 is 2.26 bits per heavy atom. The van der Waals surface area contributed by atoms with Crippen molar-refractivity contribution in [3.63, 3.8) is 0 Å². The van der Waals surface area contributed by atoms with E-state index in [-0.39, 0.29) is 11.1 Å². The van der Waals surface area contributed by atoms with E-state index < -0.39 is 11.8 Å². The largest absolute Gasteiger partial charge is 0.478 e. The Kier molecular flexibility index (Phi) is 3.87. The Labute approximate surface area is 111 Å². The summed E-state index contributed by atoms with van der Waals surface area (Å²) in [7, 11) is 0. The second kappa shape index (κ2) is 5.27. The van der Waals surface area contributed by atoms with Gasteiger partial charge in [-0.05, 0) is 31.5 Å². The van der Waals surface area contributed by atoms with Crippen molar-refractivity contribution in [3.8, 4) is 0 Å². The van der Waals surface area contributed by atoms with E-state index in [0.717, 1.165) is 12.1 Å². The molecule has 0 spiro atoms. The monoisotopic (exact) mass is 267 g/mol. The minimum absolute atomic E-state index is 0.0970. The number of morpholine rings is 1. The Hall–Kier alpha value is -1.46. The van der Waals surface area contributed by atoms with Crippen LogP contribution in [0.1, 0.15) is 29.8 Å². The molecule has 1 aliphatic heterocycles. The second-order valence-corrected chi connectivity index (χ2v) is 5.41. The summed E-state index contributed by atoms with van der Waals surface area (Å²) in [5.41, 5.74) is 0.391. The standard InChI is InChI=1S/C14H18FNO3/c1-14(2)9-19-6-5-16(14)8-10-3-4-11(13(17)18)12(15)7-10/h3-4,7H,5-6,8-9H2,1-2H3,(H,17,18). The van der Waals surface area contributed by atoms with Crippen LogP contribution in [0.3, 0.4) is 0 Å². The number of rotatable bonds is 3. The molecule has 19 heavy (non-hydrogen) atoms. The van der Waals surface area contributed by atoms with Crippen molar-refractivity contribution in [2.75, 3.05) is 19.8 Å². The minimum Gasteiger partial charge on any atom is -0.478 e. The number of hydrogen-bond acceptors (Lipinski definition) is 3. The molecule has 1 fully saturated rings. The van der Waals surface area contributed by atoms with Crippen molar-refractivity contribution in [2.45, 2.75) is 25.9 Å². The molecule has 2 rings (SSSR count). The third kappa shape index (κ3) is 3.11. The molecule has 0 radical (unpaired) electrons. The number of carbonyl (C=O) groups is 1. The molecule has 0 unspecified atom stereocenters. The number of carboxylic acid groups (broad SMARTS) is 1. The van der Waals surface area contributed by atoms with E-state index in [2.05, 4.69) is 18.7 Å². The second-order valence-electron chi connectivity index (χ2n) is 5.41. The highest BCUT2D eigenvalue weighted by molar-refractivity contribution is 5.87. The van der Waals surface area contributed by atoms with Crippen LogP contribution in [0.15, 0.2) is 18.2 Å². The summed E-state index contributed by atoms with van der Waals surface area (Å²) in [5.74, 6) is -1.92. The van der Waals surface area contributed by atoms with E-state index in [4.69, 9.17) is 9.84 Å². The number of ether oxygens (including phenoxy) is 1. The third-order valence-electron chi connectivity index (χ3n) is 3.45. The lowest BCUT2D eigenvalue weighted by molar-refractivity contribution is -0.0553. The maximum absolute atomic E-state index is 13.6. The SMILES string of the molecule is CC1(C)COCCN1Cc1ccc(C(=O)O)c(F)c1. The molecule has 0 atom stereocenters. The average molecular weight is 267 g/mol. The van der Waals surface area contributed by atoms with Gasteiger partial charge >= 0.3 is 5.97 Å². The average Bonchev–Trinajstić information content (AvgIpc) is 2.31. The molecule has 5 heteroatoms. The summed E-state index contributed by atoms with van der Waals surface area (Å²) < 4.78 is 19.1. The van der Waals surface area contributed by atoms with Gasteiger partial charge in [0.2, 0.25) is 0 Å². The first-order valence-corrected chi connectivity index (χ1v) is 6.25. The van der Waals surface area contributed by atoms with Crippen LogP contribution in [0.5, 0.6) is 0 Å². The van der Waals surface area contributed by atoms with Gasteiger partial charge in [-0.15, -0.1) is 0 Å². The Morgan fingerprint density at radius 3 is 2.84 bits per heavy atom. The van der Waals surface area contributed by atoms with E-state index >= 15 is 0 Å². The number of aromatic carboxylic acids is 1. The first-order valence-electron chi connectivity index (χ1n) is 6.25. The van der Waals surface area contributed by atoms with Crippen LogP contribution in [0, 0.1) is 5.82 Å². The summed E-state index contributed by atoms with van der Waals surface area (Å²) >= 11 is 0. The van der Waals surface area contributed by atoms with Crippen molar-refractivity contribution in [1.82, 2.24) is 4.90 Å². The van der Waals surface area contributed by atoms with Crippen molar-refractivity contribution in [1.29, 1.82) is 0 Å². The van der Waals surface area contributed by atoms with Crippen molar-refractivity contribution in [2.24, 2.45) is 0 Å². The highest BCUT2D eigenvalue weighted by Gasteiger charge is 2.30. The van der Waals surface area contributed by atoms with Crippen LogP contribution in [0.2, 0.25) is 0 Å². The van der Waals surface area contributed by atoms with E-state index in [9.17, 15) is 9.18 Å². The van der Waals surface area contributed by atoms with Gasteiger partial charge in [0.05, 0.1) is 18.8 Å². The van der Waals surface area contributed by atoms with Crippen LogP contribution in [-0.4, -0.2) is 41.3 Å². The van der Waals surface area contributed by atoms with Crippen LogP contribution in [-0.2, 0) is 11.3 Å². The molecular formula is C14H18FNO3. The van der Waals surface area contributed by atoms with E-state index in [1.165, 1.54) is 12.1 Å². The summed E-state index contributed by atoms with van der Waals surface area (Å²) in [6, 6.07) is 4.29. The lowest BCUT2D eigenvalue weighted by Crippen LogP contribution is -2.52. The van der Waals surface area contributed by atoms with E-state index in [1.807, 2.05) is 0 Å². The number of nitrogens with zero attached hydrogens (tertiary/aromatic N) is 1. The highest BCUT2D eigenvalue weighted by atomic mass is 19.1. The van der Waals surface area contributed by atoms with Crippen molar-refractivity contribution in [3.05, 3.63) is 35.1 Å². The molecule has 0 saturated carbocycles. The fraction of sp³-hybridized carbons (Fsp3) is 0.500. The Balaban J connectivity index is 2.15. The van der Waals surface area contributed by atoms with Gasteiger partial charge < -0.3 is 9.84 Å². The smallest absolute Gasteiger partial charge is 0.338 e. The molecule has 1 N–H and O–H groups in total. The first-order chi connectivity index (χ1) is 8.90.